The number of hydrogen-bond donors (Lipinski definition) is 1. The first-order valence-electron chi connectivity index (χ1n) is 5.70. The van der Waals surface area contributed by atoms with Gasteiger partial charge in [-0.25, -0.2) is 4.98 Å². The SMILES string of the molecule is Ic1ccc2nc(/C=C/c3ccccc3)[nH]c2c1. The highest BCUT2D eigenvalue weighted by atomic mass is 127. The Morgan fingerprint density at radius 3 is 2.67 bits per heavy atom. The van der Waals surface area contributed by atoms with Crippen molar-refractivity contribution in [2.45, 2.75) is 0 Å². The maximum atomic E-state index is 4.52. The van der Waals surface area contributed by atoms with Crippen LogP contribution in [0.3, 0.4) is 0 Å². The number of hydrogen-bond acceptors (Lipinski definition) is 1. The van der Waals surface area contributed by atoms with E-state index < -0.39 is 0 Å². The first-order valence-corrected chi connectivity index (χ1v) is 6.77. The summed E-state index contributed by atoms with van der Waals surface area (Å²) in [6.07, 6.45) is 4.06. The summed E-state index contributed by atoms with van der Waals surface area (Å²) >= 11 is 2.30. The summed E-state index contributed by atoms with van der Waals surface area (Å²) in [7, 11) is 0. The van der Waals surface area contributed by atoms with Gasteiger partial charge in [0.1, 0.15) is 5.82 Å². The van der Waals surface area contributed by atoms with E-state index in [0.29, 0.717) is 0 Å². The number of fused-ring (bicyclic) bond motifs is 1. The molecule has 2 aromatic carbocycles. The highest BCUT2D eigenvalue weighted by molar-refractivity contribution is 14.1. The molecule has 0 aliphatic rings. The van der Waals surface area contributed by atoms with Crippen LogP contribution in [0.4, 0.5) is 0 Å². The topological polar surface area (TPSA) is 28.7 Å². The average molecular weight is 346 g/mol. The summed E-state index contributed by atoms with van der Waals surface area (Å²) in [5, 5.41) is 0. The van der Waals surface area contributed by atoms with Crippen LogP contribution in [0, 0.1) is 3.57 Å². The molecule has 3 rings (SSSR count). The molecule has 3 heteroatoms. The van der Waals surface area contributed by atoms with Crippen LogP contribution in [0.2, 0.25) is 0 Å². The van der Waals surface area contributed by atoms with Gasteiger partial charge in [0.25, 0.3) is 0 Å². The molecule has 0 atom stereocenters. The van der Waals surface area contributed by atoms with Crippen LogP contribution in [0.15, 0.2) is 48.5 Å². The number of nitrogens with one attached hydrogen (secondary N) is 1. The van der Waals surface area contributed by atoms with E-state index in [0.717, 1.165) is 16.9 Å². The number of aromatic amines is 1. The second-order valence-corrected chi connectivity index (χ2v) is 5.27. The fourth-order valence-electron chi connectivity index (χ4n) is 1.82. The van der Waals surface area contributed by atoms with Gasteiger partial charge in [0.2, 0.25) is 0 Å². The molecular formula is C15H11IN2. The van der Waals surface area contributed by atoms with Gasteiger partial charge in [0.15, 0.2) is 0 Å². The van der Waals surface area contributed by atoms with Gasteiger partial charge < -0.3 is 4.98 Å². The minimum absolute atomic E-state index is 0.885. The molecular weight excluding hydrogens is 335 g/mol. The van der Waals surface area contributed by atoms with E-state index in [-0.39, 0.29) is 0 Å². The number of imidazole rings is 1. The molecule has 0 fully saturated rings. The maximum absolute atomic E-state index is 4.52. The van der Waals surface area contributed by atoms with Crippen LogP contribution in [-0.2, 0) is 0 Å². The average Bonchev–Trinajstić information content (AvgIpc) is 2.79. The van der Waals surface area contributed by atoms with Crippen LogP contribution in [0.5, 0.6) is 0 Å². The Hall–Kier alpha value is -1.62. The van der Waals surface area contributed by atoms with Gasteiger partial charge in [0.05, 0.1) is 11.0 Å². The molecule has 1 heterocycles. The molecule has 0 bridgehead atoms. The summed E-state index contributed by atoms with van der Waals surface area (Å²) < 4.78 is 1.21. The molecule has 0 amide bonds. The monoisotopic (exact) mass is 346 g/mol. The van der Waals surface area contributed by atoms with Crippen LogP contribution < -0.4 is 0 Å². The Morgan fingerprint density at radius 2 is 1.83 bits per heavy atom. The molecule has 0 aliphatic carbocycles. The van der Waals surface area contributed by atoms with Crippen molar-refractivity contribution in [1.82, 2.24) is 9.97 Å². The van der Waals surface area contributed by atoms with Crippen LogP contribution >= 0.6 is 22.6 Å². The van der Waals surface area contributed by atoms with Crippen molar-refractivity contribution in [3.8, 4) is 0 Å². The van der Waals surface area contributed by atoms with E-state index >= 15 is 0 Å². The van der Waals surface area contributed by atoms with Crippen molar-refractivity contribution in [2.24, 2.45) is 0 Å². The lowest BCUT2D eigenvalue weighted by Gasteiger charge is -1.89. The zero-order valence-electron chi connectivity index (χ0n) is 9.60. The molecule has 0 saturated heterocycles. The quantitative estimate of drug-likeness (QED) is 0.687. The minimum atomic E-state index is 0.885. The third-order valence-electron chi connectivity index (χ3n) is 2.70. The first kappa shape index (κ1) is 11.5. The molecule has 1 N–H and O–H groups in total. The summed E-state index contributed by atoms with van der Waals surface area (Å²) in [5.74, 6) is 0.885. The molecule has 3 aromatic rings. The van der Waals surface area contributed by atoms with E-state index in [4.69, 9.17) is 0 Å². The molecule has 18 heavy (non-hydrogen) atoms. The van der Waals surface area contributed by atoms with Gasteiger partial charge in [-0.3, -0.25) is 0 Å². The number of H-pyrrole nitrogens is 1. The summed E-state index contributed by atoms with van der Waals surface area (Å²) in [4.78, 5) is 7.83. The zero-order chi connectivity index (χ0) is 12.4. The Labute approximate surface area is 119 Å². The molecule has 2 nitrogen and oxygen atoms in total. The Bertz CT molecular complexity index is 699. The second-order valence-electron chi connectivity index (χ2n) is 4.03. The lowest BCUT2D eigenvalue weighted by Crippen LogP contribution is -1.74. The maximum Gasteiger partial charge on any atom is 0.131 e. The van der Waals surface area contributed by atoms with Crippen molar-refractivity contribution < 1.29 is 0 Å². The Balaban J connectivity index is 1.93. The number of halogens is 1. The van der Waals surface area contributed by atoms with E-state index in [1.807, 2.05) is 30.3 Å². The molecule has 1 aromatic heterocycles. The van der Waals surface area contributed by atoms with Crippen molar-refractivity contribution >= 4 is 45.8 Å². The van der Waals surface area contributed by atoms with Crippen molar-refractivity contribution in [3.05, 3.63) is 63.5 Å². The fourth-order valence-corrected chi connectivity index (χ4v) is 2.31. The lowest BCUT2D eigenvalue weighted by atomic mass is 10.2. The predicted octanol–water partition coefficient (Wildman–Crippen LogP) is 4.34. The third-order valence-corrected chi connectivity index (χ3v) is 3.37. The largest absolute Gasteiger partial charge is 0.338 e. The minimum Gasteiger partial charge on any atom is -0.338 e. The van der Waals surface area contributed by atoms with Gasteiger partial charge >= 0.3 is 0 Å². The van der Waals surface area contributed by atoms with Crippen molar-refractivity contribution in [1.29, 1.82) is 0 Å². The molecule has 88 valence electrons. The van der Waals surface area contributed by atoms with Crippen LogP contribution in [0.1, 0.15) is 11.4 Å². The summed E-state index contributed by atoms with van der Waals surface area (Å²) in [6.45, 7) is 0. The highest BCUT2D eigenvalue weighted by Gasteiger charge is 1.99. The molecule has 0 unspecified atom stereocenters. The van der Waals surface area contributed by atoms with Crippen molar-refractivity contribution in [2.75, 3.05) is 0 Å². The third kappa shape index (κ3) is 2.46. The smallest absolute Gasteiger partial charge is 0.131 e. The van der Waals surface area contributed by atoms with Gasteiger partial charge in [-0.15, -0.1) is 0 Å². The number of benzene rings is 2. The van der Waals surface area contributed by atoms with Crippen molar-refractivity contribution in [3.63, 3.8) is 0 Å². The Morgan fingerprint density at radius 1 is 1.00 bits per heavy atom. The molecule has 0 saturated carbocycles. The van der Waals surface area contributed by atoms with Gasteiger partial charge in [-0.1, -0.05) is 36.4 Å². The lowest BCUT2D eigenvalue weighted by molar-refractivity contribution is 1.29. The normalized spacial score (nSPS) is 11.4. The van der Waals surface area contributed by atoms with E-state index in [9.17, 15) is 0 Å². The van der Waals surface area contributed by atoms with Gasteiger partial charge in [-0.05, 0) is 52.4 Å². The fraction of sp³-hybridized carbons (Fsp3) is 0. The van der Waals surface area contributed by atoms with E-state index in [1.54, 1.807) is 0 Å². The van der Waals surface area contributed by atoms with Crippen LogP contribution in [0.25, 0.3) is 23.2 Å². The molecule has 0 aliphatic heterocycles. The van der Waals surface area contributed by atoms with Gasteiger partial charge in [-0.2, -0.15) is 0 Å². The van der Waals surface area contributed by atoms with Crippen LogP contribution in [-0.4, -0.2) is 9.97 Å². The second kappa shape index (κ2) is 4.94. The highest BCUT2D eigenvalue weighted by Crippen LogP contribution is 2.16. The molecule has 0 radical (unpaired) electrons. The van der Waals surface area contributed by atoms with Gasteiger partial charge in [0, 0.05) is 3.57 Å². The first-order chi connectivity index (χ1) is 8.81. The van der Waals surface area contributed by atoms with E-state index in [1.165, 1.54) is 9.13 Å². The van der Waals surface area contributed by atoms with E-state index in [2.05, 4.69) is 62.9 Å². The number of rotatable bonds is 2. The summed E-state index contributed by atoms with van der Waals surface area (Å²) in [5.41, 5.74) is 3.25. The number of nitrogens with zero attached hydrogens (tertiary/aromatic N) is 1. The predicted molar refractivity (Wildman–Crippen MR) is 84.2 cm³/mol. The number of aromatic nitrogens is 2. The standard InChI is InChI=1S/C15H11IN2/c16-12-7-8-13-14(10-12)18-15(17-13)9-6-11-4-2-1-3-5-11/h1-10H,(H,17,18)/b9-6+. The molecule has 0 spiro atoms. The Kier molecular flexibility index (Phi) is 3.15. The summed E-state index contributed by atoms with van der Waals surface area (Å²) in [6, 6.07) is 16.4. The zero-order valence-corrected chi connectivity index (χ0v) is 11.8.